The zero-order chi connectivity index (χ0) is 19.6. The zero-order valence-corrected chi connectivity index (χ0v) is 15.5. The molecule has 0 atom stereocenters. The van der Waals surface area contributed by atoms with Gasteiger partial charge in [0.05, 0.1) is 23.7 Å². The predicted octanol–water partition coefficient (Wildman–Crippen LogP) is 3.31. The molecule has 2 aromatic rings. The van der Waals surface area contributed by atoms with Gasteiger partial charge in [0.2, 0.25) is 11.8 Å². The van der Waals surface area contributed by atoms with E-state index in [1.54, 1.807) is 25.1 Å². The molecule has 0 spiro atoms. The molecular weight excluding hydrogens is 371 g/mol. The van der Waals surface area contributed by atoms with Crippen molar-refractivity contribution in [1.82, 2.24) is 0 Å². The first-order valence-corrected chi connectivity index (χ1v) is 9.33. The number of carbonyl (C=O) groups is 3. The Morgan fingerprint density at radius 1 is 0.963 bits per heavy atom. The topological polar surface area (TPSA) is 84.5 Å². The van der Waals surface area contributed by atoms with E-state index in [-0.39, 0.29) is 35.7 Å². The third kappa shape index (κ3) is 7.10. The van der Waals surface area contributed by atoms with Gasteiger partial charge in [-0.15, -0.1) is 11.8 Å². The lowest BCUT2D eigenvalue weighted by molar-refractivity contribution is -0.114. The Hall–Kier alpha value is -2.87. The van der Waals surface area contributed by atoms with E-state index in [4.69, 9.17) is 4.74 Å². The smallest absolute Gasteiger partial charge is 0.338 e. The maximum Gasteiger partial charge on any atom is 0.338 e. The molecule has 8 heteroatoms. The van der Waals surface area contributed by atoms with Crippen LogP contribution in [0.3, 0.4) is 0 Å². The van der Waals surface area contributed by atoms with Gasteiger partial charge in [0.25, 0.3) is 0 Å². The largest absolute Gasteiger partial charge is 0.462 e. The van der Waals surface area contributed by atoms with Gasteiger partial charge in [0, 0.05) is 11.4 Å². The average Bonchev–Trinajstić information content (AvgIpc) is 2.64. The van der Waals surface area contributed by atoms with Crippen molar-refractivity contribution in [1.29, 1.82) is 0 Å². The number of hydrogen-bond donors (Lipinski definition) is 2. The molecule has 0 heterocycles. The van der Waals surface area contributed by atoms with Crippen molar-refractivity contribution >= 4 is 40.9 Å². The lowest BCUT2D eigenvalue weighted by Gasteiger charge is -2.08. The van der Waals surface area contributed by atoms with Gasteiger partial charge in [-0.25, -0.2) is 9.18 Å². The predicted molar refractivity (Wildman–Crippen MR) is 103 cm³/mol. The van der Waals surface area contributed by atoms with E-state index in [9.17, 15) is 18.8 Å². The van der Waals surface area contributed by atoms with E-state index in [2.05, 4.69) is 10.6 Å². The molecule has 6 nitrogen and oxygen atoms in total. The van der Waals surface area contributed by atoms with Crippen LogP contribution < -0.4 is 10.6 Å². The van der Waals surface area contributed by atoms with E-state index in [1.807, 2.05) is 0 Å². The van der Waals surface area contributed by atoms with Gasteiger partial charge in [-0.05, 0) is 49.4 Å². The summed E-state index contributed by atoms with van der Waals surface area (Å²) in [5, 5.41) is 5.28. The molecule has 0 fully saturated rings. The molecule has 0 saturated heterocycles. The summed E-state index contributed by atoms with van der Waals surface area (Å²) in [6.45, 7) is 1.99. The lowest BCUT2D eigenvalue weighted by Crippen LogP contribution is -2.18. The maximum atomic E-state index is 12.8. The van der Waals surface area contributed by atoms with Crippen LogP contribution in [0.1, 0.15) is 17.3 Å². The molecule has 0 aliphatic rings. The molecule has 0 aromatic heterocycles. The van der Waals surface area contributed by atoms with Crippen LogP contribution in [0.4, 0.5) is 15.8 Å². The van der Waals surface area contributed by atoms with Gasteiger partial charge >= 0.3 is 5.97 Å². The third-order valence-electron chi connectivity index (χ3n) is 3.25. The summed E-state index contributed by atoms with van der Waals surface area (Å²) in [6.07, 6.45) is 0. The van der Waals surface area contributed by atoms with Gasteiger partial charge in [-0.2, -0.15) is 0 Å². The molecule has 2 N–H and O–H groups in total. The van der Waals surface area contributed by atoms with Crippen molar-refractivity contribution in [2.75, 3.05) is 28.7 Å². The Balaban J connectivity index is 1.76. The lowest BCUT2D eigenvalue weighted by atomic mass is 10.2. The van der Waals surface area contributed by atoms with Crippen LogP contribution in [-0.4, -0.2) is 35.9 Å². The first-order valence-electron chi connectivity index (χ1n) is 8.18. The van der Waals surface area contributed by atoms with Crippen molar-refractivity contribution in [2.24, 2.45) is 0 Å². The molecule has 0 radical (unpaired) electrons. The minimum absolute atomic E-state index is 0.0699. The Kier molecular flexibility index (Phi) is 7.81. The number of amides is 2. The third-order valence-corrected chi connectivity index (χ3v) is 4.18. The molecule has 27 heavy (non-hydrogen) atoms. The highest BCUT2D eigenvalue weighted by Gasteiger charge is 2.10. The number of thioether (sulfide) groups is 1. The van der Waals surface area contributed by atoms with Crippen LogP contribution in [0.25, 0.3) is 0 Å². The molecule has 0 bridgehead atoms. The Bertz CT molecular complexity index is 812. The fourth-order valence-electron chi connectivity index (χ4n) is 2.10. The van der Waals surface area contributed by atoms with Crippen LogP contribution in [0, 0.1) is 5.82 Å². The van der Waals surface area contributed by atoms with E-state index < -0.39 is 5.97 Å². The van der Waals surface area contributed by atoms with Crippen molar-refractivity contribution < 1.29 is 23.5 Å². The Morgan fingerprint density at radius 3 is 2.22 bits per heavy atom. The van der Waals surface area contributed by atoms with Gasteiger partial charge in [-0.3, -0.25) is 9.59 Å². The van der Waals surface area contributed by atoms with Crippen LogP contribution in [-0.2, 0) is 14.3 Å². The number of ether oxygens (including phenoxy) is 1. The van der Waals surface area contributed by atoms with E-state index in [1.165, 1.54) is 30.3 Å². The second-order valence-corrected chi connectivity index (χ2v) is 6.38. The summed E-state index contributed by atoms with van der Waals surface area (Å²) in [5.41, 5.74) is 1.31. The number of benzene rings is 2. The summed E-state index contributed by atoms with van der Waals surface area (Å²) in [6, 6.07) is 11.9. The fourth-order valence-corrected chi connectivity index (χ4v) is 2.72. The maximum absolute atomic E-state index is 12.8. The molecule has 2 amide bonds. The highest BCUT2D eigenvalue weighted by atomic mass is 32.2. The van der Waals surface area contributed by atoms with Gasteiger partial charge < -0.3 is 15.4 Å². The van der Waals surface area contributed by atoms with E-state index in [0.29, 0.717) is 16.9 Å². The first kappa shape index (κ1) is 20.4. The summed E-state index contributed by atoms with van der Waals surface area (Å²) in [5.74, 6) is -1.28. The van der Waals surface area contributed by atoms with Gasteiger partial charge in [0.1, 0.15) is 5.82 Å². The van der Waals surface area contributed by atoms with Gasteiger partial charge in [0.15, 0.2) is 0 Å². The Morgan fingerprint density at radius 2 is 1.59 bits per heavy atom. The molecule has 0 aliphatic heterocycles. The van der Waals surface area contributed by atoms with Crippen LogP contribution in [0.15, 0.2) is 48.5 Å². The Labute approximate surface area is 160 Å². The van der Waals surface area contributed by atoms with E-state index in [0.717, 1.165) is 11.8 Å². The second-order valence-electron chi connectivity index (χ2n) is 5.40. The molecule has 2 rings (SSSR count). The summed E-state index contributed by atoms with van der Waals surface area (Å²) in [7, 11) is 0. The number of nitrogens with one attached hydrogen (secondary N) is 2. The summed E-state index contributed by atoms with van der Waals surface area (Å²) in [4.78, 5) is 35.5. The zero-order valence-electron chi connectivity index (χ0n) is 14.7. The number of hydrogen-bond acceptors (Lipinski definition) is 5. The standard InChI is InChI=1S/C19H19FN2O4S/c1-2-26-19(25)13-4-3-5-16(10-13)22-18(24)12-27-11-17(23)21-15-8-6-14(20)7-9-15/h3-10H,2,11-12H2,1H3,(H,21,23)(H,22,24). The summed E-state index contributed by atoms with van der Waals surface area (Å²) >= 11 is 1.14. The molecular formula is C19H19FN2O4S. The number of halogens is 1. The molecule has 0 aliphatic carbocycles. The molecule has 0 unspecified atom stereocenters. The van der Waals surface area contributed by atoms with Crippen molar-refractivity contribution in [3.63, 3.8) is 0 Å². The first-order chi connectivity index (χ1) is 13.0. The average molecular weight is 390 g/mol. The van der Waals surface area contributed by atoms with Crippen LogP contribution >= 0.6 is 11.8 Å². The SMILES string of the molecule is CCOC(=O)c1cccc(NC(=O)CSCC(=O)Nc2ccc(F)cc2)c1. The number of rotatable bonds is 8. The highest BCUT2D eigenvalue weighted by molar-refractivity contribution is 8.00. The number of esters is 1. The number of anilines is 2. The minimum atomic E-state index is -0.458. The molecule has 2 aromatic carbocycles. The molecule has 142 valence electrons. The molecule has 0 saturated carbocycles. The monoisotopic (exact) mass is 390 g/mol. The minimum Gasteiger partial charge on any atom is -0.462 e. The van der Waals surface area contributed by atoms with Crippen LogP contribution in [0.5, 0.6) is 0 Å². The van der Waals surface area contributed by atoms with Crippen molar-refractivity contribution in [3.05, 3.63) is 59.9 Å². The van der Waals surface area contributed by atoms with Crippen molar-refractivity contribution in [2.45, 2.75) is 6.92 Å². The van der Waals surface area contributed by atoms with E-state index >= 15 is 0 Å². The normalized spacial score (nSPS) is 10.1. The summed E-state index contributed by atoms with van der Waals surface area (Å²) < 4.78 is 17.7. The van der Waals surface area contributed by atoms with Gasteiger partial charge in [-0.1, -0.05) is 6.07 Å². The number of carbonyl (C=O) groups excluding carboxylic acids is 3. The fraction of sp³-hybridized carbons (Fsp3) is 0.211. The highest BCUT2D eigenvalue weighted by Crippen LogP contribution is 2.13. The van der Waals surface area contributed by atoms with Crippen molar-refractivity contribution in [3.8, 4) is 0 Å². The quantitative estimate of drug-likeness (QED) is 0.676. The second kappa shape index (κ2) is 10.3. The van der Waals surface area contributed by atoms with Crippen LogP contribution in [0.2, 0.25) is 0 Å².